The minimum absolute atomic E-state index is 0.302. The zero-order valence-electron chi connectivity index (χ0n) is 10.1. The summed E-state index contributed by atoms with van der Waals surface area (Å²) in [5, 5.41) is 8.79. The van der Waals surface area contributed by atoms with Crippen molar-refractivity contribution < 1.29 is 19.4 Å². The molecular weight excluding hydrogens is 234 g/mol. The van der Waals surface area contributed by atoms with Crippen LogP contribution in [-0.4, -0.2) is 29.8 Å². The fourth-order valence-corrected chi connectivity index (χ4v) is 1.90. The summed E-state index contributed by atoms with van der Waals surface area (Å²) in [6.45, 7) is 2.42. The van der Waals surface area contributed by atoms with Crippen molar-refractivity contribution in [3.8, 4) is 0 Å². The summed E-state index contributed by atoms with van der Waals surface area (Å²) >= 11 is 0. The molecule has 2 rings (SSSR count). The van der Waals surface area contributed by atoms with Gasteiger partial charge in [-0.3, -0.25) is 4.90 Å². The number of benzene rings is 1. The van der Waals surface area contributed by atoms with Crippen molar-refractivity contribution in [1.82, 2.24) is 0 Å². The van der Waals surface area contributed by atoms with E-state index in [2.05, 4.69) is 6.92 Å². The smallest absolute Gasteiger partial charge is 0.415 e. The van der Waals surface area contributed by atoms with Crippen molar-refractivity contribution >= 4 is 17.7 Å². The third-order valence-corrected chi connectivity index (χ3v) is 3.01. The van der Waals surface area contributed by atoms with Crippen LogP contribution in [0.5, 0.6) is 0 Å². The van der Waals surface area contributed by atoms with E-state index >= 15 is 0 Å². The van der Waals surface area contributed by atoms with Crippen molar-refractivity contribution in [2.45, 2.75) is 25.9 Å². The molecule has 0 saturated carbocycles. The quantitative estimate of drug-likeness (QED) is 0.890. The largest absolute Gasteiger partial charge is 0.479 e. The number of aryl methyl sites for hydroxylation is 1. The molecular formula is C13H15NO4. The van der Waals surface area contributed by atoms with Gasteiger partial charge in [-0.2, -0.15) is 0 Å². The van der Waals surface area contributed by atoms with Crippen LogP contribution in [0.1, 0.15) is 18.9 Å². The first-order chi connectivity index (χ1) is 8.61. The number of ether oxygens (including phenoxy) is 1. The molecule has 1 aromatic rings. The second-order valence-electron chi connectivity index (χ2n) is 4.17. The van der Waals surface area contributed by atoms with E-state index in [0.29, 0.717) is 13.0 Å². The highest BCUT2D eigenvalue weighted by molar-refractivity contribution is 5.90. The second kappa shape index (κ2) is 5.08. The number of nitrogens with zero attached hydrogens (tertiary/aromatic N) is 1. The van der Waals surface area contributed by atoms with Crippen molar-refractivity contribution in [3.05, 3.63) is 29.8 Å². The van der Waals surface area contributed by atoms with Crippen molar-refractivity contribution in [2.24, 2.45) is 0 Å². The van der Waals surface area contributed by atoms with E-state index in [1.165, 1.54) is 10.5 Å². The minimum atomic E-state index is -1.09. The Morgan fingerprint density at radius 2 is 2.11 bits per heavy atom. The van der Waals surface area contributed by atoms with Crippen molar-refractivity contribution in [3.63, 3.8) is 0 Å². The molecule has 96 valence electrons. The Morgan fingerprint density at radius 3 is 2.61 bits per heavy atom. The molecule has 0 aliphatic carbocycles. The van der Waals surface area contributed by atoms with E-state index in [1.807, 2.05) is 24.3 Å². The van der Waals surface area contributed by atoms with Crippen molar-refractivity contribution in [1.29, 1.82) is 0 Å². The molecule has 1 saturated heterocycles. The number of cyclic esters (lactones) is 1. The number of carbonyl (C=O) groups excluding carboxylic acids is 1. The molecule has 5 nitrogen and oxygen atoms in total. The normalized spacial score (nSPS) is 19.5. The zero-order chi connectivity index (χ0) is 13.1. The first-order valence-electron chi connectivity index (χ1n) is 5.91. The molecule has 5 heteroatoms. The third kappa shape index (κ3) is 2.45. The molecule has 1 aromatic carbocycles. The van der Waals surface area contributed by atoms with Crippen LogP contribution in [-0.2, 0) is 16.0 Å². The molecule has 0 radical (unpaired) electrons. The predicted octanol–water partition coefficient (Wildman–Crippen LogP) is 2.05. The number of carbonyl (C=O) groups is 2. The highest BCUT2D eigenvalue weighted by Gasteiger charge is 2.32. The van der Waals surface area contributed by atoms with Gasteiger partial charge in [0.15, 0.2) is 0 Å². The number of carboxylic acids is 1. The topological polar surface area (TPSA) is 66.8 Å². The van der Waals surface area contributed by atoms with Gasteiger partial charge < -0.3 is 9.84 Å². The Balaban J connectivity index is 2.10. The predicted molar refractivity (Wildman–Crippen MR) is 65.7 cm³/mol. The Hall–Kier alpha value is -2.04. The first kappa shape index (κ1) is 12.4. The molecule has 0 spiro atoms. The van der Waals surface area contributed by atoms with Crippen LogP contribution in [0.4, 0.5) is 10.5 Å². The monoisotopic (exact) mass is 249 g/mol. The molecule has 0 bridgehead atoms. The van der Waals surface area contributed by atoms with Crippen molar-refractivity contribution in [2.75, 3.05) is 11.4 Å². The average molecular weight is 249 g/mol. The number of rotatable bonds is 3. The van der Waals surface area contributed by atoms with E-state index in [0.717, 1.165) is 12.1 Å². The van der Waals surface area contributed by atoms with E-state index in [1.54, 1.807) is 0 Å². The maximum absolute atomic E-state index is 11.7. The lowest BCUT2D eigenvalue weighted by Gasteiger charge is -2.29. The minimum Gasteiger partial charge on any atom is -0.479 e. The number of aliphatic carboxylic acids is 1. The van der Waals surface area contributed by atoms with E-state index < -0.39 is 18.2 Å². The molecule has 1 heterocycles. The Kier molecular flexibility index (Phi) is 3.50. The van der Waals surface area contributed by atoms with Gasteiger partial charge in [0.2, 0.25) is 6.10 Å². The van der Waals surface area contributed by atoms with E-state index in [4.69, 9.17) is 9.84 Å². The maximum Gasteiger partial charge on any atom is 0.415 e. The SMILES string of the molecule is CCc1ccc(N2CCC(C(=O)O)OC2=O)cc1. The third-order valence-electron chi connectivity index (χ3n) is 3.01. The van der Waals surface area contributed by atoms with Crippen LogP contribution in [0.2, 0.25) is 0 Å². The van der Waals surface area contributed by atoms with E-state index in [9.17, 15) is 9.59 Å². The van der Waals surface area contributed by atoms with Crippen LogP contribution >= 0.6 is 0 Å². The lowest BCUT2D eigenvalue weighted by atomic mass is 10.1. The molecule has 1 aliphatic heterocycles. The van der Waals surface area contributed by atoms with Gasteiger partial charge in [-0.25, -0.2) is 9.59 Å². The Morgan fingerprint density at radius 1 is 1.44 bits per heavy atom. The highest BCUT2D eigenvalue weighted by atomic mass is 16.6. The van der Waals surface area contributed by atoms with Gasteiger partial charge in [-0.05, 0) is 24.1 Å². The second-order valence-corrected chi connectivity index (χ2v) is 4.17. The summed E-state index contributed by atoms with van der Waals surface area (Å²) < 4.78 is 4.86. The summed E-state index contributed by atoms with van der Waals surface area (Å²) in [5.41, 5.74) is 1.92. The van der Waals surface area contributed by atoms with Gasteiger partial charge in [0.05, 0.1) is 0 Å². The van der Waals surface area contributed by atoms with Gasteiger partial charge in [0.25, 0.3) is 0 Å². The number of anilines is 1. The summed E-state index contributed by atoms with van der Waals surface area (Å²) in [7, 11) is 0. The number of hydrogen-bond donors (Lipinski definition) is 1. The van der Waals surface area contributed by atoms with Gasteiger partial charge in [-0.1, -0.05) is 19.1 Å². The molecule has 18 heavy (non-hydrogen) atoms. The van der Waals surface area contributed by atoms with Crippen LogP contribution in [0, 0.1) is 0 Å². The number of carboxylic acid groups (broad SMARTS) is 1. The lowest BCUT2D eigenvalue weighted by Crippen LogP contribution is -2.44. The van der Waals surface area contributed by atoms with Crippen LogP contribution < -0.4 is 4.90 Å². The average Bonchev–Trinajstić information content (AvgIpc) is 2.38. The maximum atomic E-state index is 11.7. The molecule has 1 fully saturated rings. The summed E-state index contributed by atoms with van der Waals surface area (Å²) in [4.78, 5) is 23.9. The molecule has 1 aliphatic rings. The van der Waals surface area contributed by atoms with Crippen LogP contribution in [0.3, 0.4) is 0 Å². The van der Waals surface area contributed by atoms with Crippen LogP contribution in [0.25, 0.3) is 0 Å². The Labute approximate surface area is 105 Å². The number of amides is 1. The van der Waals surface area contributed by atoms with Crippen LogP contribution in [0.15, 0.2) is 24.3 Å². The molecule has 1 unspecified atom stereocenters. The molecule has 1 atom stereocenters. The van der Waals surface area contributed by atoms with Gasteiger partial charge in [0, 0.05) is 18.7 Å². The summed E-state index contributed by atoms with van der Waals surface area (Å²) in [6.07, 6.45) is -0.385. The molecule has 1 amide bonds. The fraction of sp³-hybridized carbons (Fsp3) is 0.385. The van der Waals surface area contributed by atoms with Gasteiger partial charge in [0.1, 0.15) is 0 Å². The Bertz CT molecular complexity index is 455. The summed E-state index contributed by atoms with van der Waals surface area (Å²) in [5.74, 6) is -1.09. The highest BCUT2D eigenvalue weighted by Crippen LogP contribution is 2.21. The van der Waals surface area contributed by atoms with Gasteiger partial charge >= 0.3 is 12.1 Å². The zero-order valence-corrected chi connectivity index (χ0v) is 10.1. The standard InChI is InChI=1S/C13H15NO4/c1-2-9-3-5-10(6-4-9)14-8-7-11(12(15)16)18-13(14)17/h3-6,11H,2,7-8H2,1H3,(H,15,16). The van der Waals surface area contributed by atoms with E-state index in [-0.39, 0.29) is 0 Å². The fourth-order valence-electron chi connectivity index (χ4n) is 1.90. The molecule has 1 N–H and O–H groups in total. The van der Waals surface area contributed by atoms with Gasteiger partial charge in [-0.15, -0.1) is 0 Å². The first-order valence-corrected chi connectivity index (χ1v) is 5.91. The molecule has 0 aromatic heterocycles. The summed E-state index contributed by atoms with van der Waals surface area (Å²) in [6, 6.07) is 7.60. The number of hydrogen-bond acceptors (Lipinski definition) is 3. The lowest BCUT2D eigenvalue weighted by molar-refractivity contribution is -0.147.